The van der Waals surface area contributed by atoms with Crippen LogP contribution in [0.15, 0.2) is 30.7 Å². The summed E-state index contributed by atoms with van der Waals surface area (Å²) in [6.45, 7) is 3.68. The molecule has 3 heterocycles. The molecule has 2 N–H and O–H groups in total. The van der Waals surface area contributed by atoms with Gasteiger partial charge in [0.25, 0.3) is 5.91 Å². The number of hydrogen-bond donors (Lipinski definition) is 2. The van der Waals surface area contributed by atoms with Crippen molar-refractivity contribution >= 4 is 17.4 Å². The van der Waals surface area contributed by atoms with Gasteiger partial charge in [-0.2, -0.15) is 0 Å². The molecule has 0 atom stereocenters. The van der Waals surface area contributed by atoms with E-state index in [0.29, 0.717) is 11.6 Å². The number of amides is 1. The number of nitrogens with zero attached hydrogens (tertiary/aromatic N) is 4. The zero-order valence-corrected chi connectivity index (χ0v) is 13.6. The summed E-state index contributed by atoms with van der Waals surface area (Å²) in [7, 11) is 0. The molecule has 0 unspecified atom stereocenters. The molecule has 2 aromatic heterocycles. The maximum Gasteiger partial charge on any atom is 0.275 e. The van der Waals surface area contributed by atoms with Crippen LogP contribution in [0.4, 0.5) is 11.5 Å². The molecule has 3 rings (SSSR count). The number of aliphatic hydroxyl groups excluding tert-OH is 1. The summed E-state index contributed by atoms with van der Waals surface area (Å²) in [5, 5.41) is 12.1. The fourth-order valence-electron chi connectivity index (χ4n) is 2.77. The van der Waals surface area contributed by atoms with Gasteiger partial charge in [-0.05, 0) is 37.8 Å². The highest BCUT2D eigenvalue weighted by Crippen LogP contribution is 2.27. The lowest BCUT2D eigenvalue weighted by atomic mass is 9.98. The van der Waals surface area contributed by atoms with E-state index in [1.807, 2.05) is 13.0 Å². The van der Waals surface area contributed by atoms with Gasteiger partial charge >= 0.3 is 0 Å². The highest BCUT2D eigenvalue weighted by Gasteiger charge is 2.22. The predicted octanol–water partition coefficient (Wildman–Crippen LogP) is 1.64. The van der Waals surface area contributed by atoms with Crippen molar-refractivity contribution in [2.75, 3.05) is 29.9 Å². The molecule has 0 radical (unpaired) electrons. The minimum atomic E-state index is -0.304. The molecule has 0 aromatic carbocycles. The van der Waals surface area contributed by atoms with E-state index in [-0.39, 0.29) is 18.2 Å². The number of rotatable bonds is 4. The van der Waals surface area contributed by atoms with E-state index in [0.717, 1.165) is 37.4 Å². The van der Waals surface area contributed by atoms with Crippen molar-refractivity contribution in [1.82, 2.24) is 15.0 Å². The summed E-state index contributed by atoms with van der Waals surface area (Å²) < 4.78 is 0. The van der Waals surface area contributed by atoms with Crippen LogP contribution in [-0.2, 0) is 0 Å². The van der Waals surface area contributed by atoms with Crippen molar-refractivity contribution in [1.29, 1.82) is 0 Å². The average Bonchev–Trinajstić information content (AvgIpc) is 2.63. The number of carbonyl (C=O) groups is 1. The van der Waals surface area contributed by atoms with E-state index in [1.54, 1.807) is 18.5 Å². The molecule has 0 spiro atoms. The van der Waals surface area contributed by atoms with Crippen LogP contribution in [0.3, 0.4) is 0 Å². The Hall–Kier alpha value is -2.54. The molecule has 1 amide bonds. The molecule has 1 aliphatic heterocycles. The van der Waals surface area contributed by atoms with Crippen molar-refractivity contribution in [3.05, 3.63) is 42.1 Å². The molecule has 0 bridgehead atoms. The minimum Gasteiger partial charge on any atom is -0.396 e. The van der Waals surface area contributed by atoms with Crippen LogP contribution < -0.4 is 10.2 Å². The van der Waals surface area contributed by atoms with E-state index in [2.05, 4.69) is 25.2 Å². The monoisotopic (exact) mass is 327 g/mol. The molecule has 1 fully saturated rings. The van der Waals surface area contributed by atoms with Crippen molar-refractivity contribution in [2.45, 2.75) is 19.8 Å². The largest absolute Gasteiger partial charge is 0.396 e. The topological polar surface area (TPSA) is 91.2 Å². The number of aryl methyl sites for hydroxylation is 1. The maximum atomic E-state index is 12.4. The zero-order chi connectivity index (χ0) is 16.9. The first kappa shape index (κ1) is 16.3. The molecule has 0 saturated carbocycles. The second kappa shape index (κ2) is 7.35. The van der Waals surface area contributed by atoms with E-state index in [9.17, 15) is 9.90 Å². The Morgan fingerprint density at radius 2 is 2.08 bits per heavy atom. The number of aliphatic hydroxyl groups is 1. The van der Waals surface area contributed by atoms with Crippen LogP contribution in [0.1, 0.15) is 29.0 Å². The van der Waals surface area contributed by atoms with Gasteiger partial charge in [0.1, 0.15) is 5.69 Å². The van der Waals surface area contributed by atoms with Crippen LogP contribution in [0.25, 0.3) is 0 Å². The van der Waals surface area contributed by atoms with E-state index in [4.69, 9.17) is 0 Å². The lowest BCUT2D eigenvalue weighted by Gasteiger charge is -2.33. The van der Waals surface area contributed by atoms with Gasteiger partial charge in [-0.25, -0.2) is 9.97 Å². The molecule has 1 saturated heterocycles. The number of pyridine rings is 1. The summed E-state index contributed by atoms with van der Waals surface area (Å²) in [6.07, 6.45) is 6.59. The van der Waals surface area contributed by atoms with Crippen molar-refractivity contribution < 1.29 is 9.90 Å². The van der Waals surface area contributed by atoms with Crippen molar-refractivity contribution in [3.8, 4) is 0 Å². The second-order valence-corrected chi connectivity index (χ2v) is 5.98. The van der Waals surface area contributed by atoms with Crippen LogP contribution in [0.2, 0.25) is 0 Å². The molecule has 1 aliphatic rings. The van der Waals surface area contributed by atoms with Gasteiger partial charge in [-0.1, -0.05) is 0 Å². The summed E-state index contributed by atoms with van der Waals surface area (Å²) in [5.41, 5.74) is 1.70. The fraction of sp³-hybridized carbons (Fsp3) is 0.412. The predicted molar refractivity (Wildman–Crippen MR) is 91.0 cm³/mol. The first-order valence-corrected chi connectivity index (χ1v) is 8.08. The Morgan fingerprint density at radius 3 is 2.75 bits per heavy atom. The highest BCUT2D eigenvalue weighted by molar-refractivity contribution is 6.04. The molecule has 2 aromatic rings. The van der Waals surface area contributed by atoms with Crippen molar-refractivity contribution in [2.24, 2.45) is 5.92 Å². The molecule has 0 aliphatic carbocycles. The lowest BCUT2D eigenvalue weighted by molar-refractivity contribution is 0.102. The molecule has 7 heteroatoms. The Balaban J connectivity index is 1.74. The Labute approximate surface area is 140 Å². The van der Waals surface area contributed by atoms with E-state index in [1.165, 1.54) is 6.20 Å². The maximum absolute atomic E-state index is 12.4. The molecule has 126 valence electrons. The van der Waals surface area contributed by atoms with E-state index < -0.39 is 0 Å². The van der Waals surface area contributed by atoms with Crippen LogP contribution in [-0.4, -0.2) is 45.7 Å². The summed E-state index contributed by atoms with van der Waals surface area (Å²) >= 11 is 0. The van der Waals surface area contributed by atoms with Gasteiger partial charge in [-0.15, -0.1) is 0 Å². The molecular weight excluding hydrogens is 306 g/mol. The normalized spacial score (nSPS) is 15.3. The quantitative estimate of drug-likeness (QED) is 0.887. The van der Waals surface area contributed by atoms with E-state index >= 15 is 0 Å². The van der Waals surface area contributed by atoms with Gasteiger partial charge in [0.05, 0.1) is 17.6 Å². The molecule has 24 heavy (non-hydrogen) atoms. The number of aromatic nitrogens is 3. The number of carbonyl (C=O) groups excluding carboxylic acids is 1. The van der Waals surface area contributed by atoms with Gasteiger partial charge in [0, 0.05) is 32.1 Å². The third-order valence-electron chi connectivity index (χ3n) is 4.22. The summed E-state index contributed by atoms with van der Waals surface area (Å²) in [4.78, 5) is 27.1. The Bertz CT molecular complexity index is 696. The highest BCUT2D eigenvalue weighted by atomic mass is 16.3. The van der Waals surface area contributed by atoms with Crippen LogP contribution in [0.5, 0.6) is 0 Å². The number of piperidine rings is 1. The average molecular weight is 327 g/mol. The first-order chi connectivity index (χ1) is 11.7. The number of anilines is 2. The van der Waals surface area contributed by atoms with Gasteiger partial charge in [0.15, 0.2) is 5.82 Å². The van der Waals surface area contributed by atoms with Crippen LogP contribution >= 0.6 is 0 Å². The van der Waals surface area contributed by atoms with Crippen molar-refractivity contribution in [3.63, 3.8) is 0 Å². The third-order valence-corrected chi connectivity index (χ3v) is 4.22. The second-order valence-electron chi connectivity index (χ2n) is 5.98. The Kier molecular flexibility index (Phi) is 5.00. The summed E-state index contributed by atoms with van der Waals surface area (Å²) in [6, 6.07) is 3.63. The van der Waals surface area contributed by atoms with Gasteiger partial charge in [-0.3, -0.25) is 9.78 Å². The first-order valence-electron chi connectivity index (χ1n) is 8.08. The summed E-state index contributed by atoms with van der Waals surface area (Å²) in [5.74, 6) is 0.801. The zero-order valence-electron chi connectivity index (χ0n) is 13.6. The third kappa shape index (κ3) is 3.68. The molecule has 7 nitrogen and oxygen atoms in total. The fourth-order valence-corrected chi connectivity index (χ4v) is 2.77. The minimum absolute atomic E-state index is 0.228. The lowest BCUT2D eigenvalue weighted by Crippen LogP contribution is -2.36. The molecular formula is C17H21N5O2. The van der Waals surface area contributed by atoms with Crippen LogP contribution in [0, 0.1) is 12.8 Å². The van der Waals surface area contributed by atoms with Gasteiger partial charge < -0.3 is 15.3 Å². The number of nitrogens with one attached hydrogen (secondary N) is 1. The van der Waals surface area contributed by atoms with Gasteiger partial charge in [0.2, 0.25) is 0 Å². The smallest absolute Gasteiger partial charge is 0.275 e. The Morgan fingerprint density at radius 1 is 1.29 bits per heavy atom. The standard InChI is InChI=1S/C17H21N5O2/c1-12-9-20-15(10-19-12)17(24)21-14-3-2-6-18-16(14)22-7-4-13(11-23)5-8-22/h2-3,6,9-10,13,23H,4-5,7-8,11H2,1H3,(H,21,24). The SMILES string of the molecule is Cc1cnc(C(=O)Nc2cccnc2N2CCC(CO)CC2)cn1. The number of hydrogen-bond acceptors (Lipinski definition) is 6.